The number of nitrogens with two attached hydrogens (primary N) is 1. The number of hydrogen-bond donors (Lipinski definition) is 1. The van der Waals surface area contributed by atoms with Crippen LogP contribution in [0.25, 0.3) is 5.70 Å². The van der Waals surface area contributed by atoms with E-state index in [-0.39, 0.29) is 17.8 Å². The Labute approximate surface area is 177 Å². The molecule has 1 aromatic rings. The zero-order valence-electron chi connectivity index (χ0n) is 18.7. The molecule has 2 aliphatic rings. The van der Waals surface area contributed by atoms with Crippen LogP contribution < -0.4 is 5.73 Å². The second kappa shape index (κ2) is 9.93. The van der Waals surface area contributed by atoms with Gasteiger partial charge >= 0.3 is 0 Å². The van der Waals surface area contributed by atoms with Gasteiger partial charge in [0.15, 0.2) is 5.78 Å². The molecule has 0 amide bonds. The van der Waals surface area contributed by atoms with E-state index in [1.807, 2.05) is 31.2 Å². The normalized spacial score (nSPS) is 27.1. The Morgan fingerprint density at radius 1 is 1.17 bits per heavy atom. The minimum Gasteiger partial charge on any atom is -0.398 e. The molecule has 0 aromatic heterocycles. The molecule has 2 saturated carbocycles. The summed E-state index contributed by atoms with van der Waals surface area (Å²) < 4.78 is 6.44. The van der Waals surface area contributed by atoms with Gasteiger partial charge in [-0.2, -0.15) is 0 Å². The number of ether oxygens (including phenoxy) is 1. The Balaban J connectivity index is 1.78. The lowest BCUT2D eigenvalue weighted by molar-refractivity contribution is -0.117. The van der Waals surface area contributed by atoms with Crippen LogP contribution in [0.15, 0.2) is 29.8 Å². The predicted octanol–water partition coefficient (Wildman–Crippen LogP) is 5.90. The fourth-order valence-corrected chi connectivity index (χ4v) is 4.72. The van der Waals surface area contributed by atoms with Gasteiger partial charge in [0, 0.05) is 22.8 Å². The molecule has 0 saturated heterocycles. The van der Waals surface area contributed by atoms with E-state index < -0.39 is 0 Å². The average Bonchev–Trinajstić information content (AvgIpc) is 3.56. The van der Waals surface area contributed by atoms with Gasteiger partial charge in [0.1, 0.15) is 0 Å². The number of carbonyl (C=O) groups excluding carboxylic acids is 1. The molecule has 3 rings (SSSR count). The molecule has 0 aliphatic heterocycles. The van der Waals surface area contributed by atoms with Gasteiger partial charge in [0.25, 0.3) is 0 Å². The highest BCUT2D eigenvalue weighted by molar-refractivity contribution is 6.05. The maximum atomic E-state index is 13.0. The summed E-state index contributed by atoms with van der Waals surface area (Å²) in [5, 5.41) is 0. The molecule has 160 valence electrons. The fraction of sp³-hybridized carbons (Fsp3) is 0.654. The molecule has 29 heavy (non-hydrogen) atoms. The van der Waals surface area contributed by atoms with Crippen LogP contribution in [0.3, 0.4) is 0 Å². The van der Waals surface area contributed by atoms with E-state index in [0.717, 1.165) is 48.6 Å². The molecule has 0 bridgehead atoms. The number of Topliss-reactive ketones (excluding diaryl/α,β-unsaturated/α-hetero) is 1. The van der Waals surface area contributed by atoms with Crippen molar-refractivity contribution in [2.75, 3.05) is 6.61 Å². The van der Waals surface area contributed by atoms with Crippen LogP contribution in [0.5, 0.6) is 0 Å². The number of hydrogen-bond acceptors (Lipinski definition) is 3. The zero-order chi connectivity index (χ0) is 21.0. The lowest BCUT2D eigenvalue weighted by atomic mass is 9.85. The summed E-state index contributed by atoms with van der Waals surface area (Å²) in [4.78, 5) is 13.0. The second-order valence-electron chi connectivity index (χ2n) is 9.58. The molecule has 0 heterocycles. The maximum Gasteiger partial charge on any atom is 0.166 e. The number of ketones is 1. The molecule has 3 nitrogen and oxygen atoms in total. The highest BCUT2D eigenvalue weighted by Crippen LogP contribution is 2.36. The Bertz CT molecular complexity index is 734. The van der Waals surface area contributed by atoms with Crippen LogP contribution in [0.4, 0.5) is 0 Å². The summed E-state index contributed by atoms with van der Waals surface area (Å²) in [6.07, 6.45) is 8.18. The summed E-state index contributed by atoms with van der Waals surface area (Å²) in [6.45, 7) is 9.39. The summed E-state index contributed by atoms with van der Waals surface area (Å²) in [5.41, 5.74) is 9.93. The lowest BCUT2D eigenvalue weighted by Gasteiger charge is -2.25. The van der Waals surface area contributed by atoms with Crippen LogP contribution in [-0.4, -0.2) is 18.5 Å². The Morgan fingerprint density at radius 2 is 1.90 bits per heavy atom. The molecule has 4 atom stereocenters. The van der Waals surface area contributed by atoms with Crippen molar-refractivity contribution in [3.63, 3.8) is 0 Å². The third-order valence-corrected chi connectivity index (χ3v) is 7.18. The summed E-state index contributed by atoms with van der Waals surface area (Å²) in [5.74, 6) is 2.47. The van der Waals surface area contributed by atoms with Crippen molar-refractivity contribution in [2.24, 2.45) is 29.4 Å². The second-order valence-corrected chi connectivity index (χ2v) is 9.58. The maximum absolute atomic E-state index is 13.0. The van der Waals surface area contributed by atoms with Crippen molar-refractivity contribution in [3.8, 4) is 0 Å². The first kappa shape index (κ1) is 22.1. The third kappa shape index (κ3) is 5.72. The first-order chi connectivity index (χ1) is 13.9. The van der Waals surface area contributed by atoms with Gasteiger partial charge < -0.3 is 10.5 Å². The van der Waals surface area contributed by atoms with E-state index in [1.165, 1.54) is 19.3 Å². The smallest absolute Gasteiger partial charge is 0.166 e. The average molecular weight is 398 g/mol. The first-order valence-corrected chi connectivity index (χ1v) is 11.6. The number of carbonyl (C=O) groups is 1. The molecule has 4 unspecified atom stereocenters. The van der Waals surface area contributed by atoms with Gasteiger partial charge in [-0.15, -0.1) is 0 Å². The molecular formula is C26H39NO2. The highest BCUT2D eigenvalue weighted by atomic mass is 16.5. The number of aryl methyl sites for hydroxylation is 1. The van der Waals surface area contributed by atoms with Crippen LogP contribution in [0.2, 0.25) is 0 Å². The van der Waals surface area contributed by atoms with Crippen LogP contribution in [0.1, 0.15) is 76.8 Å². The van der Waals surface area contributed by atoms with E-state index in [9.17, 15) is 4.79 Å². The first-order valence-electron chi connectivity index (χ1n) is 11.6. The molecule has 2 N–H and O–H groups in total. The number of rotatable bonds is 8. The quantitative estimate of drug-likeness (QED) is 0.439. The monoisotopic (exact) mass is 397 g/mol. The van der Waals surface area contributed by atoms with Gasteiger partial charge in [-0.25, -0.2) is 0 Å². The van der Waals surface area contributed by atoms with Crippen molar-refractivity contribution in [1.29, 1.82) is 0 Å². The standard InChI is InChI=1S/C26H39NO2/c1-5-18(3)21-11-10-17(2)14-22(15-21)29-16-24(26(28)20-12-13-20)25(27)23-9-7-6-8-19(23)4/h6-9,17-18,20-22H,5,10-16,27H2,1-4H3. The minimum absolute atomic E-state index is 0.150. The van der Waals surface area contributed by atoms with Crippen molar-refractivity contribution >= 4 is 11.5 Å². The van der Waals surface area contributed by atoms with Gasteiger partial charge in [0.2, 0.25) is 0 Å². The molecule has 3 heteroatoms. The van der Waals surface area contributed by atoms with E-state index in [2.05, 4.69) is 20.8 Å². The summed E-state index contributed by atoms with van der Waals surface area (Å²) in [6, 6.07) is 8.05. The fourth-order valence-electron chi connectivity index (χ4n) is 4.72. The van der Waals surface area contributed by atoms with Crippen molar-refractivity contribution in [2.45, 2.75) is 78.7 Å². The minimum atomic E-state index is 0.150. The van der Waals surface area contributed by atoms with Gasteiger partial charge in [-0.05, 0) is 62.3 Å². The molecule has 2 aliphatic carbocycles. The molecule has 0 spiro atoms. The lowest BCUT2D eigenvalue weighted by Crippen LogP contribution is -2.24. The van der Waals surface area contributed by atoms with Crippen LogP contribution in [0, 0.1) is 30.6 Å². The number of benzene rings is 1. The van der Waals surface area contributed by atoms with Gasteiger partial charge in [-0.1, -0.05) is 57.9 Å². The van der Waals surface area contributed by atoms with Crippen LogP contribution in [-0.2, 0) is 9.53 Å². The largest absolute Gasteiger partial charge is 0.398 e. The Kier molecular flexibility index (Phi) is 7.56. The Morgan fingerprint density at radius 3 is 2.55 bits per heavy atom. The molecule has 2 fully saturated rings. The molecular weight excluding hydrogens is 358 g/mol. The van der Waals surface area contributed by atoms with E-state index >= 15 is 0 Å². The Hall–Kier alpha value is -1.61. The molecule has 0 radical (unpaired) electrons. The van der Waals surface area contributed by atoms with E-state index in [0.29, 0.717) is 23.8 Å². The summed E-state index contributed by atoms with van der Waals surface area (Å²) >= 11 is 0. The molecule has 1 aromatic carbocycles. The summed E-state index contributed by atoms with van der Waals surface area (Å²) in [7, 11) is 0. The topological polar surface area (TPSA) is 52.3 Å². The van der Waals surface area contributed by atoms with Crippen molar-refractivity contribution < 1.29 is 9.53 Å². The van der Waals surface area contributed by atoms with Crippen LogP contribution >= 0.6 is 0 Å². The van der Waals surface area contributed by atoms with Crippen molar-refractivity contribution in [1.82, 2.24) is 0 Å². The van der Waals surface area contributed by atoms with E-state index in [4.69, 9.17) is 10.5 Å². The zero-order valence-corrected chi connectivity index (χ0v) is 18.7. The SMILES string of the molecule is CCC(C)C1CCC(C)CC(OCC(C(=O)C2CC2)=C(N)c2ccccc2C)C1. The van der Waals surface area contributed by atoms with Crippen molar-refractivity contribution in [3.05, 3.63) is 41.0 Å². The van der Waals surface area contributed by atoms with E-state index in [1.54, 1.807) is 0 Å². The predicted molar refractivity (Wildman–Crippen MR) is 120 cm³/mol. The van der Waals surface area contributed by atoms with Gasteiger partial charge in [0.05, 0.1) is 12.7 Å². The highest BCUT2D eigenvalue weighted by Gasteiger charge is 2.34. The van der Waals surface area contributed by atoms with Gasteiger partial charge in [-0.3, -0.25) is 4.79 Å². The third-order valence-electron chi connectivity index (χ3n) is 7.18.